The molecule has 0 saturated heterocycles. The lowest BCUT2D eigenvalue weighted by atomic mass is 9.98. The number of hydrogen-bond donors (Lipinski definition) is 0. The van der Waals surface area contributed by atoms with E-state index < -0.39 is 15.8 Å². The zero-order chi connectivity index (χ0) is 28.0. The van der Waals surface area contributed by atoms with Crippen LogP contribution in [0.3, 0.4) is 0 Å². The molecule has 199 valence electrons. The molecule has 0 heterocycles. The Bertz CT molecular complexity index is 1680. The van der Waals surface area contributed by atoms with Crippen LogP contribution < -0.4 is 21.2 Å². The monoisotopic (exact) mass is 564 g/mol. The quantitative estimate of drug-likeness (QED) is 0.149. The second-order valence-electron chi connectivity index (χ2n) is 10.2. The Hall–Kier alpha value is -3.74. The first-order valence-corrected chi connectivity index (χ1v) is 16.6. The normalized spacial score (nSPS) is 15.6. The number of nitrogens with zero attached hydrogens (tertiary/aromatic N) is 1. The highest BCUT2D eigenvalue weighted by Crippen LogP contribution is 2.52. The molecule has 2 aliphatic carbocycles. The average molecular weight is 565 g/mol. The Kier molecular flexibility index (Phi) is 8.59. The van der Waals surface area contributed by atoms with Crippen LogP contribution in [0, 0.1) is 6.42 Å². The van der Waals surface area contributed by atoms with Gasteiger partial charge in [0.25, 0.3) is 0 Å². The van der Waals surface area contributed by atoms with E-state index >= 15 is 0 Å². The maximum absolute atomic E-state index is 3.56. The summed E-state index contributed by atoms with van der Waals surface area (Å²) in [6.45, 7) is 0. The molecule has 41 heavy (non-hydrogen) atoms. The third-order valence-electron chi connectivity index (χ3n) is 7.31. The van der Waals surface area contributed by atoms with Crippen molar-refractivity contribution in [1.82, 2.24) is 4.90 Å². The Morgan fingerprint density at radius 1 is 0.659 bits per heavy atom. The van der Waals surface area contributed by atoms with Crippen molar-refractivity contribution < 1.29 is 0 Å². The summed E-state index contributed by atoms with van der Waals surface area (Å²) in [5, 5.41) is 8.06. The van der Waals surface area contributed by atoms with Gasteiger partial charge in [-0.3, -0.25) is 4.90 Å². The van der Waals surface area contributed by atoms with Crippen LogP contribution in [0.1, 0.15) is 18.0 Å². The first kappa shape index (κ1) is 27.4. The molecular weight excluding hydrogens is 532 g/mol. The van der Waals surface area contributed by atoms with Crippen molar-refractivity contribution in [2.45, 2.75) is 12.5 Å². The van der Waals surface area contributed by atoms with Crippen LogP contribution in [0.15, 0.2) is 167 Å². The Morgan fingerprint density at radius 2 is 1.22 bits per heavy atom. The zero-order valence-corrected chi connectivity index (χ0v) is 25.2. The third kappa shape index (κ3) is 5.85. The SMILES string of the molecule is CN(C)[C@H](C1=C=C=C=C1P(c1ccccc1)c1ccccc1)c1ccccc1P(C1=C[CH]C=CC1)c1ccccc1. The van der Waals surface area contributed by atoms with E-state index in [4.69, 9.17) is 0 Å². The summed E-state index contributed by atoms with van der Waals surface area (Å²) >= 11 is 0. The second-order valence-corrected chi connectivity index (χ2v) is 14.6. The molecule has 0 fully saturated rings. The predicted octanol–water partition coefficient (Wildman–Crippen LogP) is 7.64. The van der Waals surface area contributed by atoms with Gasteiger partial charge in [0, 0.05) is 17.3 Å². The molecule has 0 aliphatic heterocycles. The van der Waals surface area contributed by atoms with Crippen LogP contribution in [-0.2, 0) is 0 Å². The van der Waals surface area contributed by atoms with Crippen LogP contribution >= 0.6 is 15.8 Å². The molecule has 0 aromatic heterocycles. The van der Waals surface area contributed by atoms with E-state index in [1.165, 1.54) is 37.4 Å². The van der Waals surface area contributed by atoms with E-state index in [-0.39, 0.29) is 6.04 Å². The van der Waals surface area contributed by atoms with Gasteiger partial charge in [0.2, 0.25) is 0 Å². The molecule has 4 aromatic rings. The molecule has 0 saturated carbocycles. The molecule has 0 N–H and O–H groups in total. The van der Waals surface area contributed by atoms with Crippen molar-refractivity contribution in [2.75, 3.05) is 14.1 Å². The Morgan fingerprint density at radius 3 is 1.78 bits per heavy atom. The fourth-order valence-electron chi connectivity index (χ4n) is 5.54. The van der Waals surface area contributed by atoms with Gasteiger partial charge in [-0.05, 0) is 74.2 Å². The molecule has 1 nitrogen and oxygen atoms in total. The van der Waals surface area contributed by atoms with Gasteiger partial charge in [0.05, 0.1) is 6.04 Å². The molecule has 0 amide bonds. The van der Waals surface area contributed by atoms with Gasteiger partial charge in [-0.1, -0.05) is 145 Å². The molecule has 4 aromatic carbocycles. The molecule has 2 atom stereocenters. The molecule has 0 spiro atoms. The lowest BCUT2D eigenvalue weighted by Crippen LogP contribution is -2.29. The number of hydrogen-bond acceptors (Lipinski definition) is 1. The van der Waals surface area contributed by atoms with E-state index in [0.29, 0.717) is 0 Å². The van der Waals surface area contributed by atoms with Gasteiger partial charge in [0.1, 0.15) is 0 Å². The molecule has 1 radical (unpaired) electrons. The molecule has 3 heteroatoms. The van der Waals surface area contributed by atoms with Gasteiger partial charge in [-0.15, -0.1) is 0 Å². The maximum Gasteiger partial charge on any atom is 0.0696 e. The highest BCUT2D eigenvalue weighted by Gasteiger charge is 2.33. The summed E-state index contributed by atoms with van der Waals surface area (Å²) in [5.41, 5.74) is 12.9. The average Bonchev–Trinajstić information content (AvgIpc) is 3.49. The number of allylic oxidation sites excluding steroid dienone is 4. The molecule has 1 unspecified atom stereocenters. The van der Waals surface area contributed by atoms with E-state index in [1.54, 1.807) is 0 Å². The van der Waals surface area contributed by atoms with Gasteiger partial charge in [-0.25, -0.2) is 0 Å². The second kappa shape index (κ2) is 12.8. The van der Waals surface area contributed by atoms with Crippen molar-refractivity contribution in [3.05, 3.63) is 179 Å². The van der Waals surface area contributed by atoms with Crippen LogP contribution in [-0.4, -0.2) is 19.0 Å². The van der Waals surface area contributed by atoms with Crippen molar-refractivity contribution in [3.63, 3.8) is 0 Å². The Labute approximate surface area is 246 Å². The lowest BCUT2D eigenvalue weighted by Gasteiger charge is -2.33. The highest BCUT2D eigenvalue weighted by molar-refractivity contribution is 7.77. The fraction of sp³-hybridized carbons (Fsp3) is 0.105. The highest BCUT2D eigenvalue weighted by atomic mass is 31.1. The topological polar surface area (TPSA) is 3.24 Å². The summed E-state index contributed by atoms with van der Waals surface area (Å²) in [7, 11) is 2.83. The number of rotatable bonds is 9. The van der Waals surface area contributed by atoms with E-state index in [1.807, 2.05) is 0 Å². The zero-order valence-electron chi connectivity index (χ0n) is 23.4. The fourth-order valence-corrected chi connectivity index (χ4v) is 10.5. The number of benzene rings is 4. The summed E-state index contributed by atoms with van der Waals surface area (Å²) < 4.78 is 0. The first-order valence-electron chi connectivity index (χ1n) is 13.9. The number of likely N-dealkylation sites (N-methyl/N-ethyl adjacent to an activating group) is 1. The smallest absolute Gasteiger partial charge is 0.0696 e. The molecule has 6 rings (SSSR count). The maximum atomic E-state index is 3.56. The molecular formula is C38H32NP2. The Balaban J connectivity index is 1.48. The summed E-state index contributed by atoms with van der Waals surface area (Å²) in [6, 6.07) is 41.8. The van der Waals surface area contributed by atoms with Crippen LogP contribution in [0.2, 0.25) is 0 Å². The summed E-state index contributed by atoms with van der Waals surface area (Å²) in [4.78, 5) is 2.33. The van der Waals surface area contributed by atoms with Crippen LogP contribution in [0.4, 0.5) is 0 Å². The summed E-state index contributed by atoms with van der Waals surface area (Å²) in [5.74, 6) is 0. The van der Waals surface area contributed by atoms with Gasteiger partial charge in [0.15, 0.2) is 0 Å². The first-order chi connectivity index (χ1) is 20.2. The largest absolute Gasteiger partial charge is 0.298 e. The van der Waals surface area contributed by atoms with Crippen molar-refractivity contribution >= 4 is 37.1 Å². The van der Waals surface area contributed by atoms with Crippen LogP contribution in [0.25, 0.3) is 0 Å². The third-order valence-corrected chi connectivity index (χ3v) is 12.4. The minimum absolute atomic E-state index is 0.0125. The van der Waals surface area contributed by atoms with E-state index in [9.17, 15) is 0 Å². The minimum Gasteiger partial charge on any atom is -0.298 e. The van der Waals surface area contributed by atoms with E-state index in [2.05, 4.69) is 176 Å². The standard InChI is InChI=1S/C38H32NP2/c1-39(2)38(35-27-17-29-37(35)41(32-22-11-5-12-23-32)33-24-13-6-14-25-33)34-26-15-16-28-36(34)40(30-18-7-3-8-19-30)31-20-9-4-10-21-31/h3-16,18-20,22-26,28,38H,21H2,1-2H3/t38-,40?/m0/s1. The van der Waals surface area contributed by atoms with Crippen LogP contribution in [0.5, 0.6) is 0 Å². The predicted molar refractivity (Wildman–Crippen MR) is 178 cm³/mol. The lowest BCUT2D eigenvalue weighted by molar-refractivity contribution is 0.343. The van der Waals surface area contributed by atoms with Gasteiger partial charge >= 0.3 is 0 Å². The van der Waals surface area contributed by atoms with Crippen molar-refractivity contribution in [3.8, 4) is 0 Å². The molecule has 0 bridgehead atoms. The minimum atomic E-state index is -0.823. The van der Waals surface area contributed by atoms with E-state index in [0.717, 1.165) is 12.0 Å². The van der Waals surface area contributed by atoms with Crippen molar-refractivity contribution in [1.29, 1.82) is 0 Å². The van der Waals surface area contributed by atoms with Gasteiger partial charge < -0.3 is 0 Å². The summed E-state index contributed by atoms with van der Waals surface area (Å²) in [6.07, 6.45) is 9.91. The molecule has 2 aliphatic rings. The van der Waals surface area contributed by atoms with Gasteiger partial charge in [-0.2, -0.15) is 0 Å². The van der Waals surface area contributed by atoms with Crippen molar-refractivity contribution in [2.24, 2.45) is 0 Å².